The van der Waals surface area contributed by atoms with Crippen LogP contribution in [0.3, 0.4) is 0 Å². The molecule has 0 unspecified atom stereocenters. The van der Waals surface area contributed by atoms with Gasteiger partial charge in [0, 0.05) is 24.0 Å². The Kier molecular flexibility index (Phi) is 4.80. The van der Waals surface area contributed by atoms with Crippen LogP contribution < -0.4 is 0 Å². The quantitative estimate of drug-likeness (QED) is 0.819. The molecule has 3 heteroatoms. The van der Waals surface area contributed by atoms with Crippen molar-refractivity contribution in [2.45, 2.75) is 19.4 Å². The molecule has 0 aliphatic rings. The molecule has 0 bridgehead atoms. The second-order valence-corrected chi connectivity index (χ2v) is 4.57. The van der Waals surface area contributed by atoms with Crippen LogP contribution in [0.4, 0.5) is 0 Å². The van der Waals surface area contributed by atoms with Crippen molar-refractivity contribution in [1.82, 2.24) is 0 Å². The first-order valence-electron chi connectivity index (χ1n) is 6.52. The maximum absolute atomic E-state index is 12.0. The average Bonchev–Trinajstić information content (AvgIpc) is 2.53. The summed E-state index contributed by atoms with van der Waals surface area (Å²) < 4.78 is 0. The van der Waals surface area contributed by atoms with Crippen molar-refractivity contribution in [3.8, 4) is 0 Å². The summed E-state index contributed by atoms with van der Waals surface area (Å²) in [5.74, 6) is -0.0790. The third kappa shape index (κ3) is 3.62. The van der Waals surface area contributed by atoms with Gasteiger partial charge in [0.15, 0.2) is 11.6 Å². The maximum Gasteiger partial charge on any atom is 0.163 e. The summed E-state index contributed by atoms with van der Waals surface area (Å²) >= 11 is 0. The smallest absolute Gasteiger partial charge is 0.163 e. The molecule has 0 amide bonds. The van der Waals surface area contributed by atoms with Crippen molar-refractivity contribution in [3.63, 3.8) is 0 Å². The van der Waals surface area contributed by atoms with E-state index in [1.54, 1.807) is 36.4 Å². The predicted molar refractivity (Wildman–Crippen MR) is 76.7 cm³/mol. The fraction of sp³-hybridized carbons (Fsp3) is 0.176. The number of hydrogen-bond donors (Lipinski definition) is 1. The third-order valence-corrected chi connectivity index (χ3v) is 3.13. The molecule has 0 spiro atoms. The van der Waals surface area contributed by atoms with E-state index in [0.717, 1.165) is 5.56 Å². The van der Waals surface area contributed by atoms with Crippen molar-refractivity contribution in [3.05, 3.63) is 71.3 Å². The molecule has 20 heavy (non-hydrogen) atoms. The summed E-state index contributed by atoms with van der Waals surface area (Å²) in [6.45, 7) is -0.0407. The van der Waals surface area contributed by atoms with Gasteiger partial charge < -0.3 is 5.11 Å². The molecular formula is C17H16O3. The average molecular weight is 268 g/mol. The van der Waals surface area contributed by atoms with Crippen molar-refractivity contribution in [2.24, 2.45) is 0 Å². The lowest BCUT2D eigenvalue weighted by Crippen LogP contribution is -2.05. The topological polar surface area (TPSA) is 54.4 Å². The van der Waals surface area contributed by atoms with Crippen LogP contribution in [0.1, 0.15) is 39.1 Å². The zero-order chi connectivity index (χ0) is 14.4. The lowest BCUT2D eigenvalue weighted by Gasteiger charge is -2.03. The zero-order valence-corrected chi connectivity index (χ0v) is 11.1. The highest BCUT2D eigenvalue weighted by Gasteiger charge is 2.10. The summed E-state index contributed by atoms with van der Waals surface area (Å²) in [4.78, 5) is 23.9. The van der Waals surface area contributed by atoms with E-state index < -0.39 is 0 Å². The van der Waals surface area contributed by atoms with Crippen molar-refractivity contribution < 1.29 is 14.7 Å². The standard InChI is InChI=1S/C17H16O3/c18-12-13-6-8-15(9-7-13)17(20)11-10-16(19)14-4-2-1-3-5-14/h1-9,18H,10-12H2. The van der Waals surface area contributed by atoms with Crippen LogP contribution in [0.2, 0.25) is 0 Å². The van der Waals surface area contributed by atoms with Gasteiger partial charge in [0.2, 0.25) is 0 Å². The van der Waals surface area contributed by atoms with Crippen LogP contribution in [0.25, 0.3) is 0 Å². The Morgan fingerprint density at radius 2 is 1.25 bits per heavy atom. The number of benzene rings is 2. The Labute approximate surface area is 117 Å². The van der Waals surface area contributed by atoms with E-state index in [2.05, 4.69) is 0 Å². The molecule has 0 aliphatic carbocycles. The summed E-state index contributed by atoms with van der Waals surface area (Å²) in [7, 11) is 0. The third-order valence-electron chi connectivity index (χ3n) is 3.13. The Bertz CT molecular complexity index is 585. The number of carbonyl (C=O) groups is 2. The highest BCUT2D eigenvalue weighted by atomic mass is 16.3. The summed E-state index contributed by atoms with van der Waals surface area (Å²) in [5.41, 5.74) is 1.97. The molecule has 0 saturated heterocycles. The molecule has 0 heterocycles. The van der Waals surface area contributed by atoms with Gasteiger partial charge in [-0.25, -0.2) is 0 Å². The number of hydrogen-bond acceptors (Lipinski definition) is 3. The molecule has 0 saturated carbocycles. The fourth-order valence-electron chi connectivity index (χ4n) is 1.94. The Morgan fingerprint density at radius 3 is 1.75 bits per heavy atom. The van der Waals surface area contributed by atoms with Crippen LogP contribution in [0.5, 0.6) is 0 Å². The molecule has 2 rings (SSSR count). The van der Waals surface area contributed by atoms with Crippen LogP contribution in [-0.2, 0) is 6.61 Å². The molecule has 0 radical (unpaired) electrons. The number of aliphatic hydroxyl groups excluding tert-OH is 1. The lowest BCUT2D eigenvalue weighted by atomic mass is 10.0. The molecule has 0 aliphatic heterocycles. The van der Waals surface area contributed by atoms with Crippen LogP contribution >= 0.6 is 0 Å². The van der Waals surface area contributed by atoms with Gasteiger partial charge in [0.05, 0.1) is 6.61 Å². The van der Waals surface area contributed by atoms with Gasteiger partial charge >= 0.3 is 0 Å². The van der Waals surface area contributed by atoms with Crippen molar-refractivity contribution >= 4 is 11.6 Å². The molecule has 3 nitrogen and oxygen atoms in total. The number of Topliss-reactive ketones (excluding diaryl/α,β-unsaturated/α-hetero) is 2. The molecular weight excluding hydrogens is 252 g/mol. The van der Waals surface area contributed by atoms with Crippen LogP contribution in [0.15, 0.2) is 54.6 Å². The van der Waals surface area contributed by atoms with E-state index in [1.165, 1.54) is 0 Å². The highest BCUT2D eigenvalue weighted by molar-refractivity contribution is 6.02. The minimum atomic E-state index is -0.0567. The van der Waals surface area contributed by atoms with Crippen LogP contribution in [-0.4, -0.2) is 16.7 Å². The molecule has 0 aromatic heterocycles. The molecule has 0 atom stereocenters. The summed E-state index contributed by atoms with van der Waals surface area (Å²) in [6.07, 6.45) is 0.413. The van der Waals surface area contributed by atoms with Gasteiger partial charge in [-0.1, -0.05) is 54.6 Å². The van der Waals surface area contributed by atoms with Crippen molar-refractivity contribution in [2.75, 3.05) is 0 Å². The Morgan fingerprint density at radius 1 is 0.750 bits per heavy atom. The summed E-state index contributed by atoms with van der Waals surface area (Å²) in [6, 6.07) is 15.8. The minimum absolute atomic E-state index is 0.0223. The Balaban J connectivity index is 1.93. The van der Waals surface area contributed by atoms with E-state index in [0.29, 0.717) is 11.1 Å². The molecule has 102 valence electrons. The van der Waals surface area contributed by atoms with E-state index in [-0.39, 0.29) is 31.0 Å². The summed E-state index contributed by atoms with van der Waals surface area (Å²) in [5, 5.41) is 8.94. The van der Waals surface area contributed by atoms with E-state index >= 15 is 0 Å². The number of rotatable bonds is 6. The minimum Gasteiger partial charge on any atom is -0.392 e. The first-order chi connectivity index (χ1) is 9.70. The highest BCUT2D eigenvalue weighted by Crippen LogP contribution is 2.11. The zero-order valence-electron chi connectivity index (χ0n) is 11.1. The second kappa shape index (κ2) is 6.78. The van der Waals surface area contributed by atoms with Gasteiger partial charge in [-0.3, -0.25) is 9.59 Å². The molecule has 2 aromatic rings. The predicted octanol–water partition coefficient (Wildman–Crippen LogP) is 3.02. The second-order valence-electron chi connectivity index (χ2n) is 4.57. The normalized spacial score (nSPS) is 10.2. The first-order valence-corrected chi connectivity index (χ1v) is 6.52. The molecule has 2 aromatic carbocycles. The van der Waals surface area contributed by atoms with Gasteiger partial charge in [-0.05, 0) is 5.56 Å². The number of aliphatic hydroxyl groups is 1. The first kappa shape index (κ1) is 14.2. The molecule has 0 fully saturated rings. The van der Waals surface area contributed by atoms with Gasteiger partial charge in [-0.2, -0.15) is 0 Å². The maximum atomic E-state index is 12.0. The van der Waals surface area contributed by atoms with E-state index in [1.807, 2.05) is 18.2 Å². The number of ketones is 2. The Hall–Kier alpha value is -2.26. The monoisotopic (exact) mass is 268 g/mol. The van der Waals surface area contributed by atoms with E-state index in [4.69, 9.17) is 5.11 Å². The van der Waals surface area contributed by atoms with Gasteiger partial charge in [0.25, 0.3) is 0 Å². The fourth-order valence-corrected chi connectivity index (χ4v) is 1.94. The lowest BCUT2D eigenvalue weighted by molar-refractivity contribution is 0.0917. The van der Waals surface area contributed by atoms with Crippen molar-refractivity contribution in [1.29, 1.82) is 0 Å². The van der Waals surface area contributed by atoms with Gasteiger partial charge in [-0.15, -0.1) is 0 Å². The SMILES string of the molecule is O=C(CCC(=O)c1ccc(CO)cc1)c1ccccc1. The van der Waals surface area contributed by atoms with Gasteiger partial charge in [0.1, 0.15) is 0 Å². The van der Waals surface area contributed by atoms with E-state index in [9.17, 15) is 9.59 Å². The largest absolute Gasteiger partial charge is 0.392 e. The number of carbonyl (C=O) groups excluding carboxylic acids is 2. The molecule has 1 N–H and O–H groups in total. The van der Waals surface area contributed by atoms with Crippen LogP contribution in [0, 0.1) is 0 Å².